The van der Waals surface area contributed by atoms with Gasteiger partial charge in [-0.1, -0.05) is 39.0 Å². The number of nitrogens with one attached hydrogen (secondary N) is 2. The maximum atomic E-state index is 11.9. The fraction of sp³-hybridized carbons (Fsp3) is 0.562. The summed E-state index contributed by atoms with van der Waals surface area (Å²) in [5.41, 5.74) is 3.33. The molecule has 0 atom stereocenters. The van der Waals surface area contributed by atoms with E-state index in [1.165, 1.54) is 5.56 Å². The van der Waals surface area contributed by atoms with Crippen LogP contribution in [-0.4, -0.2) is 18.5 Å². The molecule has 0 spiro atoms. The molecule has 0 bridgehead atoms. The van der Waals surface area contributed by atoms with E-state index in [1.807, 2.05) is 19.1 Å². The topological polar surface area (TPSA) is 41.1 Å². The monoisotopic (exact) mass is 262 g/mol. The molecule has 2 N–H and O–H groups in total. The summed E-state index contributed by atoms with van der Waals surface area (Å²) in [4.78, 5) is 11.9. The Balaban J connectivity index is 2.48. The maximum Gasteiger partial charge on any atom is 0.224 e. The molecule has 0 radical (unpaired) electrons. The third-order valence-electron chi connectivity index (χ3n) is 3.14. The third-order valence-corrected chi connectivity index (χ3v) is 3.14. The Morgan fingerprint density at radius 1 is 1.32 bits per heavy atom. The Morgan fingerprint density at radius 2 is 2.05 bits per heavy atom. The van der Waals surface area contributed by atoms with Crippen molar-refractivity contribution >= 4 is 11.6 Å². The maximum absolute atomic E-state index is 11.9. The summed E-state index contributed by atoms with van der Waals surface area (Å²) in [6, 6.07) is 6.63. The van der Waals surface area contributed by atoms with Gasteiger partial charge < -0.3 is 10.6 Å². The molecule has 0 aliphatic rings. The van der Waals surface area contributed by atoms with Crippen LogP contribution in [0.4, 0.5) is 5.69 Å². The predicted octanol–water partition coefficient (Wildman–Crippen LogP) is 3.27. The Hall–Kier alpha value is -1.35. The van der Waals surface area contributed by atoms with Crippen molar-refractivity contribution in [2.75, 3.05) is 11.9 Å². The minimum Gasteiger partial charge on any atom is -0.326 e. The largest absolute Gasteiger partial charge is 0.326 e. The second-order valence-electron chi connectivity index (χ2n) is 5.22. The lowest BCUT2D eigenvalue weighted by molar-refractivity contribution is -0.116. The van der Waals surface area contributed by atoms with Gasteiger partial charge in [-0.25, -0.2) is 0 Å². The van der Waals surface area contributed by atoms with Crippen LogP contribution in [0.2, 0.25) is 0 Å². The average molecular weight is 262 g/mol. The van der Waals surface area contributed by atoms with E-state index in [-0.39, 0.29) is 5.91 Å². The predicted molar refractivity (Wildman–Crippen MR) is 81.6 cm³/mol. The highest BCUT2D eigenvalue weighted by Gasteiger charge is 2.08. The van der Waals surface area contributed by atoms with Gasteiger partial charge in [0.1, 0.15) is 0 Å². The van der Waals surface area contributed by atoms with Gasteiger partial charge in [-0.2, -0.15) is 0 Å². The van der Waals surface area contributed by atoms with Crippen LogP contribution in [0.3, 0.4) is 0 Å². The molecular formula is C16H26N2O. The van der Waals surface area contributed by atoms with E-state index in [0.29, 0.717) is 12.5 Å². The SMILES string of the molecule is CCc1cccc(C)c1NC(=O)CCCNC(C)C. The lowest BCUT2D eigenvalue weighted by Gasteiger charge is -2.13. The molecule has 0 aromatic heterocycles. The van der Waals surface area contributed by atoms with Crippen molar-refractivity contribution in [3.05, 3.63) is 29.3 Å². The first-order valence-electron chi connectivity index (χ1n) is 7.16. The molecule has 3 nitrogen and oxygen atoms in total. The number of carbonyl (C=O) groups is 1. The van der Waals surface area contributed by atoms with E-state index in [4.69, 9.17) is 0 Å². The van der Waals surface area contributed by atoms with Crippen molar-refractivity contribution in [2.24, 2.45) is 0 Å². The molecule has 1 rings (SSSR count). The smallest absolute Gasteiger partial charge is 0.224 e. The highest BCUT2D eigenvalue weighted by molar-refractivity contribution is 5.92. The summed E-state index contributed by atoms with van der Waals surface area (Å²) in [6.07, 6.45) is 2.38. The van der Waals surface area contributed by atoms with E-state index in [9.17, 15) is 4.79 Å². The number of rotatable bonds is 7. The van der Waals surface area contributed by atoms with Crippen LogP contribution in [-0.2, 0) is 11.2 Å². The minimum absolute atomic E-state index is 0.106. The third kappa shape index (κ3) is 5.43. The van der Waals surface area contributed by atoms with Gasteiger partial charge >= 0.3 is 0 Å². The van der Waals surface area contributed by atoms with Crippen LogP contribution in [0.5, 0.6) is 0 Å². The fourth-order valence-electron chi connectivity index (χ4n) is 2.04. The first-order chi connectivity index (χ1) is 9.04. The molecule has 0 aliphatic carbocycles. The lowest BCUT2D eigenvalue weighted by atomic mass is 10.1. The van der Waals surface area contributed by atoms with Crippen molar-refractivity contribution in [3.8, 4) is 0 Å². The quantitative estimate of drug-likeness (QED) is 0.740. The number of anilines is 1. The van der Waals surface area contributed by atoms with E-state index in [2.05, 4.69) is 37.5 Å². The van der Waals surface area contributed by atoms with E-state index >= 15 is 0 Å². The fourth-order valence-corrected chi connectivity index (χ4v) is 2.04. The highest BCUT2D eigenvalue weighted by atomic mass is 16.1. The highest BCUT2D eigenvalue weighted by Crippen LogP contribution is 2.21. The molecule has 0 aliphatic heterocycles. The van der Waals surface area contributed by atoms with Gasteiger partial charge in [-0.3, -0.25) is 4.79 Å². The van der Waals surface area contributed by atoms with Crippen LogP contribution in [0.15, 0.2) is 18.2 Å². The molecule has 0 unspecified atom stereocenters. The van der Waals surface area contributed by atoms with Crippen molar-refractivity contribution in [3.63, 3.8) is 0 Å². The zero-order valence-electron chi connectivity index (χ0n) is 12.5. The van der Waals surface area contributed by atoms with E-state index < -0.39 is 0 Å². The van der Waals surface area contributed by atoms with Crippen LogP contribution in [0.25, 0.3) is 0 Å². The molecule has 106 valence electrons. The van der Waals surface area contributed by atoms with Crippen LogP contribution >= 0.6 is 0 Å². The summed E-state index contributed by atoms with van der Waals surface area (Å²) in [5.74, 6) is 0.106. The van der Waals surface area contributed by atoms with Gasteiger partial charge in [0.25, 0.3) is 0 Å². The van der Waals surface area contributed by atoms with E-state index in [1.54, 1.807) is 0 Å². The molecule has 19 heavy (non-hydrogen) atoms. The summed E-state index contributed by atoms with van der Waals surface area (Å²) in [7, 11) is 0. The Labute approximate surface area is 116 Å². The van der Waals surface area contributed by atoms with Crippen LogP contribution in [0, 0.1) is 6.92 Å². The number of aryl methyl sites for hydroxylation is 2. The zero-order chi connectivity index (χ0) is 14.3. The number of benzene rings is 1. The van der Waals surface area contributed by atoms with Crippen LogP contribution < -0.4 is 10.6 Å². The summed E-state index contributed by atoms with van der Waals surface area (Å²) in [5, 5.41) is 6.37. The molecule has 1 amide bonds. The van der Waals surface area contributed by atoms with Crippen molar-refractivity contribution in [1.29, 1.82) is 0 Å². The summed E-state index contributed by atoms with van der Waals surface area (Å²) >= 11 is 0. The summed E-state index contributed by atoms with van der Waals surface area (Å²) < 4.78 is 0. The first kappa shape index (κ1) is 15.7. The molecule has 3 heteroatoms. The molecule has 0 heterocycles. The minimum atomic E-state index is 0.106. The number of para-hydroxylation sites is 1. The molecule has 1 aromatic rings. The average Bonchev–Trinajstić information content (AvgIpc) is 2.37. The Kier molecular flexibility index (Phi) is 6.57. The number of carbonyl (C=O) groups excluding carboxylic acids is 1. The molecule has 1 aromatic carbocycles. The van der Waals surface area contributed by atoms with Gasteiger partial charge in [0.15, 0.2) is 0 Å². The normalized spacial score (nSPS) is 10.8. The molecule has 0 fully saturated rings. The number of amides is 1. The summed E-state index contributed by atoms with van der Waals surface area (Å²) in [6.45, 7) is 9.26. The standard InChI is InChI=1S/C16H26N2O/c1-5-14-9-6-8-13(4)16(14)18-15(19)10-7-11-17-12(2)3/h6,8-9,12,17H,5,7,10-11H2,1-4H3,(H,18,19). The van der Waals surface area contributed by atoms with E-state index in [0.717, 1.165) is 30.6 Å². The second kappa shape index (κ2) is 7.95. The number of hydrogen-bond acceptors (Lipinski definition) is 2. The van der Waals surface area contributed by atoms with Crippen LogP contribution in [0.1, 0.15) is 44.7 Å². The first-order valence-corrected chi connectivity index (χ1v) is 7.16. The van der Waals surface area contributed by atoms with Gasteiger partial charge in [-0.15, -0.1) is 0 Å². The van der Waals surface area contributed by atoms with Crippen molar-refractivity contribution in [1.82, 2.24) is 5.32 Å². The lowest BCUT2D eigenvalue weighted by Crippen LogP contribution is -2.25. The van der Waals surface area contributed by atoms with Gasteiger partial charge in [0.05, 0.1) is 0 Å². The number of hydrogen-bond donors (Lipinski definition) is 2. The Bertz CT molecular complexity index is 413. The van der Waals surface area contributed by atoms with Gasteiger partial charge in [0.2, 0.25) is 5.91 Å². The van der Waals surface area contributed by atoms with Gasteiger partial charge in [-0.05, 0) is 37.4 Å². The zero-order valence-corrected chi connectivity index (χ0v) is 12.5. The molecular weight excluding hydrogens is 236 g/mol. The Morgan fingerprint density at radius 3 is 2.68 bits per heavy atom. The second-order valence-corrected chi connectivity index (χ2v) is 5.22. The molecule has 0 saturated carbocycles. The molecule has 0 saturated heterocycles. The van der Waals surface area contributed by atoms with Crippen molar-refractivity contribution in [2.45, 2.75) is 53.0 Å². The van der Waals surface area contributed by atoms with Crippen molar-refractivity contribution < 1.29 is 4.79 Å². The van der Waals surface area contributed by atoms with Gasteiger partial charge in [0, 0.05) is 18.2 Å².